The van der Waals surface area contributed by atoms with Crippen molar-refractivity contribution in [2.24, 2.45) is 0 Å². The van der Waals surface area contributed by atoms with Crippen LogP contribution in [0.4, 0.5) is 0 Å². The second-order valence-corrected chi connectivity index (χ2v) is 7.78. The van der Waals surface area contributed by atoms with Gasteiger partial charge in [-0.1, -0.05) is 38.1 Å². The summed E-state index contributed by atoms with van der Waals surface area (Å²) in [6, 6.07) is 15.6. The minimum atomic E-state index is -0.0473. The van der Waals surface area contributed by atoms with Crippen molar-refractivity contribution in [2.75, 3.05) is 0 Å². The zero-order valence-electron chi connectivity index (χ0n) is 14.7. The molecule has 128 valence electrons. The number of carbonyl (C=O) groups excluding carboxylic acids is 1. The highest BCUT2D eigenvalue weighted by atomic mass is 32.2. The zero-order valence-corrected chi connectivity index (χ0v) is 15.5. The normalized spacial score (nSPS) is 10.9. The van der Waals surface area contributed by atoms with E-state index in [2.05, 4.69) is 19.2 Å². The van der Waals surface area contributed by atoms with Gasteiger partial charge in [-0.2, -0.15) is 0 Å². The molecule has 1 amide bonds. The van der Waals surface area contributed by atoms with E-state index in [1.807, 2.05) is 62.4 Å². The number of carbonyl (C=O) groups is 1. The fourth-order valence-corrected chi connectivity index (χ4v) is 3.24. The Kier molecular flexibility index (Phi) is 6.73. The van der Waals surface area contributed by atoms with Crippen molar-refractivity contribution in [3.63, 3.8) is 0 Å². The molecule has 0 heterocycles. The molecule has 0 fully saturated rings. The van der Waals surface area contributed by atoms with Crippen LogP contribution in [-0.2, 0) is 6.54 Å². The van der Waals surface area contributed by atoms with E-state index in [9.17, 15) is 4.79 Å². The van der Waals surface area contributed by atoms with E-state index >= 15 is 0 Å². The lowest BCUT2D eigenvalue weighted by Crippen LogP contribution is -2.23. The van der Waals surface area contributed by atoms with Crippen LogP contribution in [0.25, 0.3) is 0 Å². The molecule has 0 aliphatic heterocycles. The standard InChI is InChI=1S/C20H25NO2S/c1-14(2)23-17-9-7-8-16(12-17)13-21-20(22)18-10-5-6-11-19(18)24-15(3)4/h5-12,14-15H,13H2,1-4H3,(H,21,22). The molecule has 0 aromatic heterocycles. The molecule has 0 aliphatic carbocycles. The number of amides is 1. The molecule has 24 heavy (non-hydrogen) atoms. The quantitative estimate of drug-likeness (QED) is 0.726. The number of benzene rings is 2. The summed E-state index contributed by atoms with van der Waals surface area (Å²) in [5, 5.41) is 3.44. The number of rotatable bonds is 7. The lowest BCUT2D eigenvalue weighted by Gasteiger charge is -2.13. The molecule has 2 rings (SSSR count). The first-order valence-corrected chi connectivity index (χ1v) is 9.13. The predicted molar refractivity (Wildman–Crippen MR) is 101 cm³/mol. The Hall–Kier alpha value is -1.94. The number of ether oxygens (including phenoxy) is 1. The van der Waals surface area contributed by atoms with E-state index in [0.717, 1.165) is 21.8 Å². The highest BCUT2D eigenvalue weighted by molar-refractivity contribution is 8.00. The van der Waals surface area contributed by atoms with Crippen LogP contribution >= 0.6 is 11.8 Å². The van der Waals surface area contributed by atoms with E-state index < -0.39 is 0 Å². The monoisotopic (exact) mass is 343 g/mol. The van der Waals surface area contributed by atoms with Gasteiger partial charge in [0, 0.05) is 16.7 Å². The van der Waals surface area contributed by atoms with Crippen molar-refractivity contribution in [1.29, 1.82) is 0 Å². The Morgan fingerprint density at radius 3 is 2.54 bits per heavy atom. The van der Waals surface area contributed by atoms with E-state index in [4.69, 9.17) is 4.74 Å². The van der Waals surface area contributed by atoms with Crippen LogP contribution < -0.4 is 10.1 Å². The Balaban J connectivity index is 2.03. The number of thioether (sulfide) groups is 1. The van der Waals surface area contributed by atoms with E-state index in [-0.39, 0.29) is 12.0 Å². The molecule has 0 spiro atoms. The second kappa shape index (κ2) is 8.78. The van der Waals surface area contributed by atoms with Gasteiger partial charge < -0.3 is 10.1 Å². The first-order chi connectivity index (χ1) is 11.5. The highest BCUT2D eigenvalue weighted by Gasteiger charge is 2.12. The SMILES string of the molecule is CC(C)Oc1cccc(CNC(=O)c2ccccc2SC(C)C)c1. The van der Waals surface area contributed by atoms with Gasteiger partial charge in [0.05, 0.1) is 11.7 Å². The average Bonchev–Trinajstić information content (AvgIpc) is 2.52. The van der Waals surface area contributed by atoms with Gasteiger partial charge >= 0.3 is 0 Å². The first-order valence-electron chi connectivity index (χ1n) is 8.25. The molecule has 0 unspecified atom stereocenters. The summed E-state index contributed by atoms with van der Waals surface area (Å²) in [4.78, 5) is 13.5. The lowest BCUT2D eigenvalue weighted by molar-refractivity contribution is 0.0948. The van der Waals surface area contributed by atoms with Crippen molar-refractivity contribution < 1.29 is 9.53 Å². The van der Waals surface area contributed by atoms with Crippen LogP contribution in [0.15, 0.2) is 53.4 Å². The molecule has 0 saturated heterocycles. The summed E-state index contributed by atoms with van der Waals surface area (Å²) in [5.41, 5.74) is 1.75. The molecular formula is C20H25NO2S. The maximum atomic E-state index is 12.5. The number of nitrogens with one attached hydrogen (secondary N) is 1. The summed E-state index contributed by atoms with van der Waals surface area (Å²) < 4.78 is 5.69. The van der Waals surface area contributed by atoms with Crippen LogP contribution in [0.3, 0.4) is 0 Å². The van der Waals surface area contributed by atoms with Gasteiger partial charge in [-0.25, -0.2) is 0 Å². The minimum Gasteiger partial charge on any atom is -0.491 e. The third kappa shape index (κ3) is 5.60. The Morgan fingerprint density at radius 1 is 1.08 bits per heavy atom. The molecule has 0 atom stereocenters. The van der Waals surface area contributed by atoms with Crippen LogP contribution in [0.1, 0.15) is 43.6 Å². The molecule has 1 N–H and O–H groups in total. The summed E-state index contributed by atoms with van der Waals surface area (Å²) in [6.07, 6.45) is 0.134. The third-order valence-electron chi connectivity index (χ3n) is 3.22. The van der Waals surface area contributed by atoms with Gasteiger partial charge in [0.25, 0.3) is 5.91 Å². The van der Waals surface area contributed by atoms with Crippen molar-refractivity contribution >= 4 is 17.7 Å². The van der Waals surface area contributed by atoms with Gasteiger partial charge in [0.15, 0.2) is 0 Å². The van der Waals surface area contributed by atoms with E-state index in [0.29, 0.717) is 11.8 Å². The Bertz CT molecular complexity index is 683. The Labute approximate surface area is 148 Å². The minimum absolute atomic E-state index is 0.0473. The van der Waals surface area contributed by atoms with Crippen molar-refractivity contribution in [3.05, 3.63) is 59.7 Å². The molecule has 2 aromatic carbocycles. The molecule has 2 aromatic rings. The van der Waals surface area contributed by atoms with Crippen LogP contribution in [-0.4, -0.2) is 17.3 Å². The summed E-state index contributed by atoms with van der Waals surface area (Å²) in [6.45, 7) is 8.73. The fourth-order valence-electron chi connectivity index (χ4n) is 2.29. The third-order valence-corrected chi connectivity index (χ3v) is 4.30. The van der Waals surface area contributed by atoms with Gasteiger partial charge in [0.1, 0.15) is 5.75 Å². The molecule has 0 aliphatic rings. The molecule has 0 radical (unpaired) electrons. The van der Waals surface area contributed by atoms with Crippen molar-refractivity contribution in [3.8, 4) is 5.75 Å². The van der Waals surface area contributed by atoms with Gasteiger partial charge in [-0.15, -0.1) is 11.8 Å². The lowest BCUT2D eigenvalue weighted by atomic mass is 10.2. The molecule has 0 bridgehead atoms. The van der Waals surface area contributed by atoms with Gasteiger partial charge in [-0.05, 0) is 43.7 Å². The molecular weight excluding hydrogens is 318 g/mol. The Morgan fingerprint density at radius 2 is 1.83 bits per heavy atom. The van der Waals surface area contributed by atoms with Crippen LogP contribution in [0.2, 0.25) is 0 Å². The van der Waals surface area contributed by atoms with Crippen molar-refractivity contribution in [2.45, 2.75) is 50.5 Å². The topological polar surface area (TPSA) is 38.3 Å². The maximum Gasteiger partial charge on any atom is 0.252 e. The van der Waals surface area contributed by atoms with Gasteiger partial charge in [-0.3, -0.25) is 4.79 Å². The molecule has 0 saturated carbocycles. The molecule has 3 nitrogen and oxygen atoms in total. The second-order valence-electron chi connectivity index (χ2n) is 6.16. The average molecular weight is 343 g/mol. The summed E-state index contributed by atoms with van der Waals surface area (Å²) in [7, 11) is 0. The number of hydrogen-bond acceptors (Lipinski definition) is 3. The van der Waals surface area contributed by atoms with E-state index in [1.54, 1.807) is 11.8 Å². The van der Waals surface area contributed by atoms with Crippen LogP contribution in [0, 0.1) is 0 Å². The number of hydrogen-bond donors (Lipinski definition) is 1. The smallest absolute Gasteiger partial charge is 0.252 e. The maximum absolute atomic E-state index is 12.5. The molecule has 4 heteroatoms. The summed E-state index contributed by atoms with van der Waals surface area (Å²) >= 11 is 1.70. The highest BCUT2D eigenvalue weighted by Crippen LogP contribution is 2.26. The van der Waals surface area contributed by atoms with Crippen LogP contribution in [0.5, 0.6) is 5.75 Å². The van der Waals surface area contributed by atoms with Crippen molar-refractivity contribution in [1.82, 2.24) is 5.32 Å². The predicted octanol–water partition coefficient (Wildman–Crippen LogP) is 4.90. The largest absolute Gasteiger partial charge is 0.491 e. The fraction of sp³-hybridized carbons (Fsp3) is 0.350. The van der Waals surface area contributed by atoms with E-state index in [1.165, 1.54) is 0 Å². The summed E-state index contributed by atoms with van der Waals surface area (Å²) in [5.74, 6) is 0.779. The van der Waals surface area contributed by atoms with Gasteiger partial charge in [0.2, 0.25) is 0 Å². The zero-order chi connectivity index (χ0) is 17.5. The first kappa shape index (κ1) is 18.4.